The Hall–Kier alpha value is -2.99. The summed E-state index contributed by atoms with van der Waals surface area (Å²) in [6.07, 6.45) is 4.23. The van der Waals surface area contributed by atoms with Gasteiger partial charge in [0, 0.05) is 35.8 Å². The first-order valence-electron chi connectivity index (χ1n) is 8.79. The van der Waals surface area contributed by atoms with Crippen molar-refractivity contribution >= 4 is 22.5 Å². The molecule has 0 bridgehead atoms. The van der Waals surface area contributed by atoms with E-state index in [0.717, 1.165) is 30.6 Å². The summed E-state index contributed by atoms with van der Waals surface area (Å²) in [5.41, 5.74) is 8.73. The Kier molecular flexibility index (Phi) is 4.50. The van der Waals surface area contributed by atoms with Crippen LogP contribution in [0.5, 0.6) is 0 Å². The molecule has 1 saturated heterocycles. The zero-order valence-electron chi connectivity index (χ0n) is 14.4. The van der Waals surface area contributed by atoms with Gasteiger partial charge >= 0.3 is 0 Å². The number of carbonyl (C=O) groups excluding carboxylic acids is 1. The van der Waals surface area contributed by atoms with Crippen LogP contribution in [0.1, 0.15) is 28.3 Å². The number of nitrogens with one attached hydrogen (secondary N) is 2. The van der Waals surface area contributed by atoms with E-state index in [2.05, 4.69) is 44.9 Å². The third-order valence-electron chi connectivity index (χ3n) is 4.99. The van der Waals surface area contributed by atoms with E-state index >= 15 is 0 Å². The molecule has 132 valence electrons. The van der Waals surface area contributed by atoms with Gasteiger partial charge in [-0.25, -0.2) is 9.97 Å². The van der Waals surface area contributed by atoms with Crippen molar-refractivity contribution in [3.63, 3.8) is 0 Å². The highest BCUT2D eigenvalue weighted by Crippen LogP contribution is 2.31. The molecule has 0 unspecified atom stereocenters. The average molecular weight is 347 g/mol. The minimum atomic E-state index is -0.484. The molecule has 26 heavy (non-hydrogen) atoms. The van der Waals surface area contributed by atoms with Crippen LogP contribution in [0.4, 0.5) is 5.69 Å². The Morgan fingerprint density at radius 2 is 2.04 bits per heavy atom. The van der Waals surface area contributed by atoms with Gasteiger partial charge in [0.25, 0.3) is 5.91 Å². The molecule has 1 amide bonds. The first-order valence-corrected chi connectivity index (χ1v) is 8.79. The molecule has 3 aromatic rings. The molecule has 6 nitrogen and oxygen atoms in total. The van der Waals surface area contributed by atoms with Crippen LogP contribution >= 0.6 is 0 Å². The number of hydrogen-bond donors (Lipinski definition) is 3. The minimum Gasteiger partial charge on any atom is -0.380 e. The van der Waals surface area contributed by atoms with Crippen molar-refractivity contribution in [1.82, 2.24) is 15.3 Å². The molecule has 1 aliphatic rings. The molecule has 0 saturated carbocycles. The number of aromatic nitrogens is 2. The standard InChI is InChI=1S/C20H21N5O/c21-20(26)15-6-7-17(16-10-23-12-24-19(15)16)25-18-11-22-9-8-14(18)13-4-2-1-3-5-13/h1-7,10,12,14,18,22,25H,8-9,11H2,(H2,21,26)/t14-,18+/m1/s1. The Labute approximate surface area is 151 Å². The summed E-state index contributed by atoms with van der Waals surface area (Å²) in [5.74, 6) is -0.0744. The van der Waals surface area contributed by atoms with Gasteiger partial charge in [0.05, 0.1) is 11.1 Å². The molecule has 6 heteroatoms. The number of fused-ring (bicyclic) bond motifs is 1. The largest absolute Gasteiger partial charge is 0.380 e. The smallest absolute Gasteiger partial charge is 0.250 e. The lowest BCUT2D eigenvalue weighted by atomic mass is 9.86. The van der Waals surface area contributed by atoms with Gasteiger partial charge in [-0.05, 0) is 30.7 Å². The molecule has 2 atom stereocenters. The Morgan fingerprint density at radius 1 is 1.19 bits per heavy atom. The molecule has 1 aliphatic heterocycles. The number of nitrogens with zero attached hydrogens (tertiary/aromatic N) is 2. The summed E-state index contributed by atoms with van der Waals surface area (Å²) in [4.78, 5) is 20.1. The van der Waals surface area contributed by atoms with E-state index in [4.69, 9.17) is 5.73 Å². The van der Waals surface area contributed by atoms with E-state index in [0.29, 0.717) is 17.0 Å². The number of nitrogens with two attached hydrogens (primary N) is 1. The quantitative estimate of drug-likeness (QED) is 0.673. The summed E-state index contributed by atoms with van der Waals surface area (Å²) in [6.45, 7) is 1.87. The summed E-state index contributed by atoms with van der Waals surface area (Å²) in [5, 5.41) is 7.92. The van der Waals surface area contributed by atoms with Gasteiger partial charge in [-0.3, -0.25) is 4.79 Å². The highest BCUT2D eigenvalue weighted by atomic mass is 16.1. The molecule has 4 N–H and O–H groups in total. The number of carbonyl (C=O) groups is 1. The van der Waals surface area contributed by atoms with Crippen molar-refractivity contribution in [3.05, 3.63) is 66.1 Å². The molecular formula is C20H21N5O. The van der Waals surface area contributed by atoms with Crippen molar-refractivity contribution in [2.75, 3.05) is 18.4 Å². The summed E-state index contributed by atoms with van der Waals surface area (Å²) >= 11 is 0. The Balaban J connectivity index is 1.70. The predicted octanol–water partition coefficient (Wildman–Crippen LogP) is 2.29. The predicted molar refractivity (Wildman–Crippen MR) is 102 cm³/mol. The molecule has 4 rings (SSSR count). The second-order valence-corrected chi connectivity index (χ2v) is 6.57. The van der Waals surface area contributed by atoms with Gasteiger partial charge in [0.15, 0.2) is 0 Å². The lowest BCUT2D eigenvalue weighted by Crippen LogP contribution is -2.44. The second kappa shape index (κ2) is 7.09. The van der Waals surface area contributed by atoms with Crippen molar-refractivity contribution in [3.8, 4) is 0 Å². The van der Waals surface area contributed by atoms with Gasteiger partial charge in [0.2, 0.25) is 0 Å². The third-order valence-corrected chi connectivity index (χ3v) is 4.99. The topological polar surface area (TPSA) is 92.9 Å². The van der Waals surface area contributed by atoms with Crippen molar-refractivity contribution in [2.45, 2.75) is 18.4 Å². The number of hydrogen-bond acceptors (Lipinski definition) is 5. The van der Waals surface area contributed by atoms with Crippen molar-refractivity contribution in [1.29, 1.82) is 0 Å². The van der Waals surface area contributed by atoms with E-state index in [-0.39, 0.29) is 6.04 Å². The van der Waals surface area contributed by atoms with Crippen LogP contribution in [0, 0.1) is 0 Å². The van der Waals surface area contributed by atoms with Crippen LogP contribution in [-0.2, 0) is 0 Å². The van der Waals surface area contributed by atoms with E-state index in [1.807, 2.05) is 12.1 Å². The number of amides is 1. The maximum atomic E-state index is 11.7. The Morgan fingerprint density at radius 3 is 2.85 bits per heavy atom. The zero-order valence-corrected chi connectivity index (χ0v) is 14.4. The number of piperidine rings is 1. The fourth-order valence-electron chi connectivity index (χ4n) is 3.71. The molecule has 0 spiro atoms. The second-order valence-electron chi connectivity index (χ2n) is 6.57. The van der Waals surface area contributed by atoms with Crippen LogP contribution in [-0.4, -0.2) is 35.0 Å². The number of primary amides is 1. The lowest BCUT2D eigenvalue weighted by molar-refractivity contribution is 0.100. The van der Waals surface area contributed by atoms with Gasteiger partial charge in [0.1, 0.15) is 6.33 Å². The zero-order chi connectivity index (χ0) is 17.9. The molecule has 0 radical (unpaired) electrons. The maximum absolute atomic E-state index is 11.7. The highest BCUT2D eigenvalue weighted by molar-refractivity contribution is 6.07. The molecule has 1 aromatic heterocycles. The molecular weight excluding hydrogens is 326 g/mol. The Bertz CT molecular complexity index is 928. The van der Waals surface area contributed by atoms with Crippen LogP contribution in [0.3, 0.4) is 0 Å². The van der Waals surface area contributed by atoms with Crippen LogP contribution in [0.2, 0.25) is 0 Å². The summed E-state index contributed by atoms with van der Waals surface area (Å²) < 4.78 is 0. The maximum Gasteiger partial charge on any atom is 0.250 e. The molecule has 0 aliphatic carbocycles. The molecule has 2 heterocycles. The van der Waals surface area contributed by atoms with Crippen molar-refractivity contribution in [2.24, 2.45) is 5.73 Å². The van der Waals surface area contributed by atoms with Gasteiger partial charge in [-0.15, -0.1) is 0 Å². The van der Waals surface area contributed by atoms with E-state index in [9.17, 15) is 4.79 Å². The van der Waals surface area contributed by atoms with E-state index in [1.165, 1.54) is 11.9 Å². The molecule has 2 aromatic carbocycles. The number of benzene rings is 2. The SMILES string of the molecule is NC(=O)c1ccc(N[C@H]2CNCC[C@@H]2c2ccccc2)c2cncnc12. The van der Waals surface area contributed by atoms with E-state index < -0.39 is 5.91 Å². The number of rotatable bonds is 4. The van der Waals surface area contributed by atoms with Crippen LogP contribution in [0.15, 0.2) is 55.0 Å². The summed E-state index contributed by atoms with van der Waals surface area (Å²) in [7, 11) is 0. The lowest BCUT2D eigenvalue weighted by Gasteiger charge is -2.34. The summed E-state index contributed by atoms with van der Waals surface area (Å²) in [6, 6.07) is 14.4. The average Bonchev–Trinajstić information content (AvgIpc) is 2.69. The van der Waals surface area contributed by atoms with Crippen molar-refractivity contribution < 1.29 is 4.79 Å². The molecule has 1 fully saturated rings. The van der Waals surface area contributed by atoms with Gasteiger partial charge in [-0.1, -0.05) is 30.3 Å². The monoisotopic (exact) mass is 347 g/mol. The van der Waals surface area contributed by atoms with Crippen LogP contribution in [0.25, 0.3) is 10.9 Å². The third kappa shape index (κ3) is 3.11. The highest BCUT2D eigenvalue weighted by Gasteiger charge is 2.27. The van der Waals surface area contributed by atoms with E-state index in [1.54, 1.807) is 12.3 Å². The normalized spacial score (nSPS) is 20.0. The fraction of sp³-hybridized carbons (Fsp3) is 0.250. The minimum absolute atomic E-state index is 0.231. The fourth-order valence-corrected chi connectivity index (χ4v) is 3.71. The number of anilines is 1. The van der Waals surface area contributed by atoms with Gasteiger partial charge < -0.3 is 16.4 Å². The van der Waals surface area contributed by atoms with Gasteiger partial charge in [-0.2, -0.15) is 0 Å². The van der Waals surface area contributed by atoms with Crippen LogP contribution < -0.4 is 16.4 Å². The first-order chi connectivity index (χ1) is 12.7. The first kappa shape index (κ1) is 16.5.